The average Bonchev–Trinajstić information content (AvgIpc) is 2.77. The Morgan fingerprint density at radius 2 is 2.08 bits per heavy atom. The van der Waals surface area contributed by atoms with Crippen LogP contribution >= 0.6 is 0 Å². The zero-order valence-corrected chi connectivity index (χ0v) is 15.5. The predicted molar refractivity (Wildman–Crippen MR) is 96.3 cm³/mol. The highest BCUT2D eigenvalue weighted by atomic mass is 16.6. The van der Waals surface area contributed by atoms with Crippen LogP contribution in [0, 0.1) is 6.92 Å². The standard InChI is InChI=1S/C18H27N5O2/c1-13-6-7-19-16-15(13)20-14(21-16)12-22-8-5-9-23(11-10-22)17(24)25-18(2,3)4/h6-7H,5,8-12H2,1-4H3,(H,19,20,21). The van der Waals surface area contributed by atoms with Crippen LogP contribution in [0.3, 0.4) is 0 Å². The molecule has 1 amide bonds. The average molecular weight is 345 g/mol. The number of hydrogen-bond acceptors (Lipinski definition) is 5. The van der Waals surface area contributed by atoms with Crippen molar-refractivity contribution in [3.8, 4) is 0 Å². The second-order valence-electron chi connectivity index (χ2n) is 7.61. The van der Waals surface area contributed by atoms with Crippen molar-refractivity contribution in [3.05, 3.63) is 23.7 Å². The van der Waals surface area contributed by atoms with E-state index < -0.39 is 5.60 Å². The number of amides is 1. The fourth-order valence-corrected chi connectivity index (χ4v) is 3.01. The molecule has 25 heavy (non-hydrogen) atoms. The van der Waals surface area contributed by atoms with E-state index in [1.54, 1.807) is 11.1 Å². The van der Waals surface area contributed by atoms with E-state index in [2.05, 4.69) is 26.8 Å². The molecular weight excluding hydrogens is 318 g/mol. The van der Waals surface area contributed by atoms with Gasteiger partial charge in [0.2, 0.25) is 0 Å². The number of aromatic amines is 1. The highest BCUT2D eigenvalue weighted by Gasteiger charge is 2.24. The number of carbonyl (C=O) groups is 1. The number of ether oxygens (including phenoxy) is 1. The summed E-state index contributed by atoms with van der Waals surface area (Å²) in [5, 5.41) is 0. The van der Waals surface area contributed by atoms with Crippen LogP contribution in [0.2, 0.25) is 0 Å². The van der Waals surface area contributed by atoms with Gasteiger partial charge in [0.1, 0.15) is 11.4 Å². The van der Waals surface area contributed by atoms with Crippen molar-refractivity contribution < 1.29 is 9.53 Å². The lowest BCUT2D eigenvalue weighted by Gasteiger charge is -2.26. The van der Waals surface area contributed by atoms with Crippen LogP contribution in [0.15, 0.2) is 12.3 Å². The van der Waals surface area contributed by atoms with Gasteiger partial charge in [-0.15, -0.1) is 0 Å². The van der Waals surface area contributed by atoms with Gasteiger partial charge in [-0.3, -0.25) is 4.90 Å². The molecule has 0 atom stereocenters. The molecule has 2 aromatic heterocycles. The minimum absolute atomic E-state index is 0.224. The van der Waals surface area contributed by atoms with Gasteiger partial charge in [-0.1, -0.05) is 0 Å². The molecule has 0 saturated carbocycles. The number of nitrogens with one attached hydrogen (secondary N) is 1. The van der Waals surface area contributed by atoms with Crippen LogP contribution in [0.1, 0.15) is 38.6 Å². The van der Waals surface area contributed by atoms with Crippen molar-refractivity contribution in [2.45, 2.75) is 46.3 Å². The molecule has 1 aliphatic rings. The highest BCUT2D eigenvalue weighted by molar-refractivity contribution is 5.74. The Bertz CT molecular complexity index is 749. The lowest BCUT2D eigenvalue weighted by atomic mass is 10.2. The summed E-state index contributed by atoms with van der Waals surface area (Å²) in [4.78, 5) is 28.6. The van der Waals surface area contributed by atoms with Gasteiger partial charge in [0.25, 0.3) is 0 Å². The SMILES string of the molecule is Cc1ccnc2nc(CN3CCCN(C(=O)OC(C)(C)C)CC3)[nH]c12. The van der Waals surface area contributed by atoms with Crippen LogP contribution in [0.25, 0.3) is 11.2 Å². The highest BCUT2D eigenvalue weighted by Crippen LogP contribution is 2.16. The molecule has 7 nitrogen and oxygen atoms in total. The number of aryl methyl sites for hydroxylation is 1. The van der Waals surface area contributed by atoms with Gasteiger partial charge < -0.3 is 14.6 Å². The molecule has 3 rings (SSSR count). The van der Waals surface area contributed by atoms with E-state index in [0.29, 0.717) is 6.54 Å². The summed E-state index contributed by atoms with van der Waals surface area (Å²) in [6.45, 7) is 11.6. The Kier molecular flexibility index (Phi) is 4.94. The molecule has 0 bridgehead atoms. The minimum atomic E-state index is -0.456. The van der Waals surface area contributed by atoms with Gasteiger partial charge in [-0.2, -0.15) is 0 Å². The van der Waals surface area contributed by atoms with Gasteiger partial charge >= 0.3 is 6.09 Å². The molecule has 7 heteroatoms. The molecule has 1 N–H and O–H groups in total. The maximum atomic E-state index is 12.2. The van der Waals surface area contributed by atoms with Crippen molar-refractivity contribution in [2.24, 2.45) is 0 Å². The molecule has 136 valence electrons. The normalized spacial score (nSPS) is 16.9. The number of fused-ring (bicyclic) bond motifs is 1. The third kappa shape index (κ3) is 4.48. The number of nitrogens with zero attached hydrogens (tertiary/aromatic N) is 4. The predicted octanol–water partition coefficient (Wildman–Crippen LogP) is 2.71. The molecular formula is C18H27N5O2. The monoisotopic (exact) mass is 345 g/mol. The van der Waals surface area contributed by atoms with Crippen molar-refractivity contribution in [1.29, 1.82) is 0 Å². The fourth-order valence-electron chi connectivity index (χ4n) is 3.01. The van der Waals surface area contributed by atoms with Gasteiger partial charge in [0, 0.05) is 32.4 Å². The molecule has 3 heterocycles. The second-order valence-corrected chi connectivity index (χ2v) is 7.61. The first-order chi connectivity index (χ1) is 11.8. The number of hydrogen-bond donors (Lipinski definition) is 1. The zero-order valence-electron chi connectivity index (χ0n) is 15.5. The molecule has 1 saturated heterocycles. The summed E-state index contributed by atoms with van der Waals surface area (Å²) in [5.74, 6) is 0.919. The number of rotatable bonds is 2. The van der Waals surface area contributed by atoms with Crippen LogP contribution in [0.4, 0.5) is 4.79 Å². The molecule has 2 aromatic rings. The van der Waals surface area contributed by atoms with Gasteiger partial charge in [0.05, 0.1) is 12.1 Å². The van der Waals surface area contributed by atoms with E-state index in [9.17, 15) is 4.79 Å². The third-order valence-electron chi connectivity index (χ3n) is 4.26. The first kappa shape index (κ1) is 17.7. The third-order valence-corrected chi connectivity index (χ3v) is 4.26. The summed E-state index contributed by atoms with van der Waals surface area (Å²) < 4.78 is 5.48. The van der Waals surface area contributed by atoms with Crippen LogP contribution in [0.5, 0.6) is 0 Å². The Hall–Kier alpha value is -2.15. The summed E-state index contributed by atoms with van der Waals surface area (Å²) in [6.07, 6.45) is 2.49. The summed E-state index contributed by atoms with van der Waals surface area (Å²) in [5.41, 5.74) is 2.46. The number of H-pyrrole nitrogens is 1. The minimum Gasteiger partial charge on any atom is -0.444 e. The molecule has 1 fully saturated rings. The van der Waals surface area contributed by atoms with Gasteiger partial charge in [-0.05, 0) is 45.7 Å². The van der Waals surface area contributed by atoms with Gasteiger partial charge in [0.15, 0.2) is 5.65 Å². The molecule has 0 radical (unpaired) electrons. The van der Waals surface area contributed by atoms with Crippen LogP contribution in [-0.2, 0) is 11.3 Å². The van der Waals surface area contributed by atoms with E-state index >= 15 is 0 Å². The number of aromatic nitrogens is 3. The van der Waals surface area contributed by atoms with E-state index in [4.69, 9.17) is 4.74 Å². The lowest BCUT2D eigenvalue weighted by molar-refractivity contribution is 0.0257. The summed E-state index contributed by atoms with van der Waals surface area (Å²) >= 11 is 0. The van der Waals surface area contributed by atoms with E-state index in [1.165, 1.54) is 0 Å². The first-order valence-corrected chi connectivity index (χ1v) is 8.82. The number of pyridine rings is 1. The summed E-state index contributed by atoms with van der Waals surface area (Å²) in [7, 11) is 0. The molecule has 0 aromatic carbocycles. The van der Waals surface area contributed by atoms with Crippen molar-refractivity contribution in [3.63, 3.8) is 0 Å². The Morgan fingerprint density at radius 3 is 2.80 bits per heavy atom. The van der Waals surface area contributed by atoms with Crippen LogP contribution in [-0.4, -0.2) is 62.6 Å². The summed E-state index contributed by atoms with van der Waals surface area (Å²) in [6, 6.07) is 1.98. The van der Waals surface area contributed by atoms with Crippen LogP contribution < -0.4 is 0 Å². The topological polar surface area (TPSA) is 74.3 Å². The Balaban J connectivity index is 1.61. The van der Waals surface area contributed by atoms with Gasteiger partial charge in [-0.25, -0.2) is 14.8 Å². The number of carbonyl (C=O) groups excluding carboxylic acids is 1. The maximum Gasteiger partial charge on any atom is 0.410 e. The second kappa shape index (κ2) is 7.00. The molecule has 0 spiro atoms. The van der Waals surface area contributed by atoms with Crippen molar-refractivity contribution in [1.82, 2.24) is 24.8 Å². The quantitative estimate of drug-likeness (QED) is 0.906. The van der Waals surface area contributed by atoms with E-state index in [1.807, 2.05) is 26.8 Å². The maximum absolute atomic E-state index is 12.2. The Labute approximate surface area is 148 Å². The van der Waals surface area contributed by atoms with Crippen molar-refractivity contribution in [2.75, 3.05) is 26.2 Å². The largest absolute Gasteiger partial charge is 0.444 e. The van der Waals surface area contributed by atoms with E-state index in [0.717, 1.165) is 55.2 Å². The van der Waals surface area contributed by atoms with Crippen molar-refractivity contribution >= 4 is 17.3 Å². The molecule has 0 unspecified atom stereocenters. The van der Waals surface area contributed by atoms with E-state index in [-0.39, 0.29) is 6.09 Å². The number of imidazole rings is 1. The fraction of sp³-hybridized carbons (Fsp3) is 0.611. The zero-order chi connectivity index (χ0) is 18.0. The lowest BCUT2D eigenvalue weighted by Crippen LogP contribution is -2.39. The smallest absolute Gasteiger partial charge is 0.410 e. The molecule has 1 aliphatic heterocycles. The first-order valence-electron chi connectivity index (χ1n) is 8.82. The Morgan fingerprint density at radius 1 is 1.28 bits per heavy atom. The molecule has 0 aliphatic carbocycles.